The van der Waals surface area contributed by atoms with Gasteiger partial charge in [0.15, 0.2) is 0 Å². The maximum absolute atomic E-state index is 12.6. The van der Waals surface area contributed by atoms with Gasteiger partial charge >= 0.3 is 10.2 Å². The Morgan fingerprint density at radius 3 is 2.14 bits per heavy atom. The molecule has 9 heteroatoms. The van der Waals surface area contributed by atoms with Gasteiger partial charge in [-0.1, -0.05) is 0 Å². The lowest BCUT2D eigenvalue weighted by Gasteiger charge is -2.23. The number of hydrogen-bond acceptors (Lipinski definition) is 5. The number of nitrogens with zero attached hydrogens (tertiary/aromatic N) is 2. The molecule has 0 aliphatic rings. The minimum atomic E-state index is -3.59. The third kappa shape index (κ3) is 4.99. The van der Waals surface area contributed by atoms with Gasteiger partial charge in [-0.05, 0) is 49.4 Å². The van der Waals surface area contributed by atoms with E-state index in [1.54, 1.807) is 50.6 Å². The van der Waals surface area contributed by atoms with Crippen molar-refractivity contribution in [1.82, 2.24) is 9.62 Å². The third-order valence-corrected chi connectivity index (χ3v) is 6.38. The van der Waals surface area contributed by atoms with Crippen molar-refractivity contribution in [3.8, 4) is 11.5 Å². The SMILES string of the molecule is COc1ccc(OC)c(C(C)NC(=O)c2ccc(N(C)S(=O)(=O)N(C)C)cc2)c1. The number of anilines is 1. The highest BCUT2D eigenvalue weighted by Crippen LogP contribution is 2.29. The molecule has 1 amide bonds. The average molecular weight is 422 g/mol. The van der Waals surface area contributed by atoms with Gasteiger partial charge in [0.1, 0.15) is 11.5 Å². The molecule has 1 atom stereocenters. The van der Waals surface area contributed by atoms with Crippen molar-refractivity contribution >= 4 is 21.8 Å². The van der Waals surface area contributed by atoms with Crippen LogP contribution in [-0.4, -0.2) is 54.0 Å². The number of ether oxygens (including phenoxy) is 2. The fourth-order valence-corrected chi connectivity index (χ4v) is 3.61. The Balaban J connectivity index is 2.18. The Labute approximate surface area is 172 Å². The maximum atomic E-state index is 12.6. The van der Waals surface area contributed by atoms with Crippen molar-refractivity contribution in [1.29, 1.82) is 0 Å². The van der Waals surface area contributed by atoms with Crippen LogP contribution >= 0.6 is 0 Å². The quantitative estimate of drug-likeness (QED) is 0.707. The normalized spacial score (nSPS) is 12.4. The van der Waals surface area contributed by atoms with E-state index in [4.69, 9.17) is 9.47 Å². The molecule has 0 aromatic heterocycles. The maximum Gasteiger partial charge on any atom is 0.303 e. The summed E-state index contributed by atoms with van der Waals surface area (Å²) >= 11 is 0. The lowest BCUT2D eigenvalue weighted by Crippen LogP contribution is -2.37. The highest BCUT2D eigenvalue weighted by molar-refractivity contribution is 7.90. The Kier molecular flexibility index (Phi) is 7.10. The van der Waals surface area contributed by atoms with Gasteiger partial charge in [-0.25, -0.2) is 0 Å². The molecule has 0 bridgehead atoms. The molecule has 0 aliphatic heterocycles. The van der Waals surface area contributed by atoms with Crippen molar-refractivity contribution in [2.45, 2.75) is 13.0 Å². The number of amides is 1. The van der Waals surface area contributed by atoms with Gasteiger partial charge in [-0.3, -0.25) is 9.10 Å². The number of carbonyl (C=O) groups excluding carboxylic acids is 1. The summed E-state index contributed by atoms with van der Waals surface area (Å²) < 4.78 is 37.3. The van der Waals surface area contributed by atoms with Crippen LogP contribution in [0.4, 0.5) is 5.69 Å². The largest absolute Gasteiger partial charge is 0.497 e. The van der Waals surface area contributed by atoms with E-state index in [2.05, 4.69) is 5.32 Å². The molecule has 0 saturated heterocycles. The van der Waals surface area contributed by atoms with Crippen LogP contribution in [0.5, 0.6) is 11.5 Å². The Morgan fingerprint density at radius 1 is 1.00 bits per heavy atom. The van der Waals surface area contributed by atoms with Crippen molar-refractivity contribution in [2.24, 2.45) is 0 Å². The zero-order valence-electron chi connectivity index (χ0n) is 17.5. The smallest absolute Gasteiger partial charge is 0.303 e. The van der Waals surface area contributed by atoms with E-state index in [1.807, 2.05) is 13.0 Å². The Bertz CT molecular complexity index is 959. The summed E-state index contributed by atoms with van der Waals surface area (Å²) in [5.74, 6) is 1.02. The number of methoxy groups -OCH3 is 2. The molecule has 8 nitrogen and oxygen atoms in total. The van der Waals surface area contributed by atoms with E-state index in [1.165, 1.54) is 21.1 Å². The first-order chi connectivity index (χ1) is 13.6. The lowest BCUT2D eigenvalue weighted by atomic mass is 10.1. The van der Waals surface area contributed by atoms with Gasteiger partial charge in [-0.2, -0.15) is 12.7 Å². The van der Waals surface area contributed by atoms with Crippen LogP contribution < -0.4 is 19.1 Å². The molecule has 2 aromatic rings. The molecule has 0 radical (unpaired) electrons. The van der Waals surface area contributed by atoms with Crippen LogP contribution in [0.15, 0.2) is 42.5 Å². The molecule has 1 N–H and O–H groups in total. The minimum absolute atomic E-state index is 0.285. The molecule has 2 rings (SSSR count). The summed E-state index contributed by atoms with van der Waals surface area (Å²) in [4.78, 5) is 12.6. The van der Waals surface area contributed by atoms with E-state index >= 15 is 0 Å². The number of rotatable bonds is 8. The zero-order chi connectivity index (χ0) is 21.8. The summed E-state index contributed by atoms with van der Waals surface area (Å²) in [6.07, 6.45) is 0. The standard InChI is InChI=1S/C20H27N3O5S/c1-14(18-13-17(27-5)11-12-19(18)28-6)21-20(24)15-7-9-16(10-8-15)23(4)29(25,26)22(2)3/h7-14H,1-6H3,(H,21,24). The molecule has 2 aromatic carbocycles. The van der Waals surface area contributed by atoms with E-state index < -0.39 is 10.2 Å². The van der Waals surface area contributed by atoms with Crippen LogP contribution in [0.2, 0.25) is 0 Å². The summed E-state index contributed by atoms with van der Waals surface area (Å²) in [6.45, 7) is 1.85. The molecule has 158 valence electrons. The molecule has 0 fully saturated rings. The van der Waals surface area contributed by atoms with Gasteiger partial charge in [-0.15, -0.1) is 0 Å². The fourth-order valence-electron chi connectivity index (χ4n) is 2.74. The second-order valence-corrected chi connectivity index (χ2v) is 8.78. The summed E-state index contributed by atoms with van der Waals surface area (Å²) in [5, 5.41) is 2.92. The molecule has 0 spiro atoms. The van der Waals surface area contributed by atoms with Crippen molar-refractivity contribution in [3.05, 3.63) is 53.6 Å². The lowest BCUT2D eigenvalue weighted by molar-refractivity contribution is 0.0939. The van der Waals surface area contributed by atoms with Gasteiger partial charge in [0.25, 0.3) is 5.91 Å². The number of hydrogen-bond donors (Lipinski definition) is 1. The Hall–Kier alpha value is -2.78. The van der Waals surface area contributed by atoms with Crippen molar-refractivity contribution < 1.29 is 22.7 Å². The highest BCUT2D eigenvalue weighted by Gasteiger charge is 2.21. The monoisotopic (exact) mass is 421 g/mol. The average Bonchev–Trinajstić information content (AvgIpc) is 2.72. The van der Waals surface area contributed by atoms with Crippen LogP contribution in [0.25, 0.3) is 0 Å². The van der Waals surface area contributed by atoms with E-state index in [-0.39, 0.29) is 11.9 Å². The molecule has 0 saturated carbocycles. The molecule has 0 aliphatic carbocycles. The number of nitrogens with one attached hydrogen (secondary N) is 1. The summed E-state index contributed by atoms with van der Waals surface area (Å²) in [7, 11) is 3.93. The molecular formula is C20H27N3O5S. The molecule has 0 heterocycles. The van der Waals surface area contributed by atoms with Gasteiger partial charge < -0.3 is 14.8 Å². The van der Waals surface area contributed by atoms with Crippen LogP contribution in [-0.2, 0) is 10.2 Å². The Morgan fingerprint density at radius 2 is 1.62 bits per heavy atom. The highest BCUT2D eigenvalue weighted by atomic mass is 32.2. The van der Waals surface area contributed by atoms with E-state index in [9.17, 15) is 13.2 Å². The number of carbonyl (C=O) groups is 1. The topological polar surface area (TPSA) is 88.2 Å². The van der Waals surface area contributed by atoms with Crippen LogP contribution in [0.1, 0.15) is 28.9 Å². The first-order valence-electron chi connectivity index (χ1n) is 8.91. The van der Waals surface area contributed by atoms with Gasteiger partial charge in [0.2, 0.25) is 0 Å². The second kappa shape index (κ2) is 9.15. The predicted molar refractivity (Wildman–Crippen MR) is 113 cm³/mol. The van der Waals surface area contributed by atoms with Crippen LogP contribution in [0, 0.1) is 0 Å². The predicted octanol–water partition coefficient (Wildman–Crippen LogP) is 2.44. The van der Waals surface area contributed by atoms with Gasteiger partial charge in [0.05, 0.1) is 25.9 Å². The minimum Gasteiger partial charge on any atom is -0.497 e. The van der Waals surface area contributed by atoms with Crippen molar-refractivity contribution in [3.63, 3.8) is 0 Å². The molecule has 29 heavy (non-hydrogen) atoms. The van der Waals surface area contributed by atoms with Crippen molar-refractivity contribution in [2.75, 3.05) is 39.7 Å². The first kappa shape index (κ1) is 22.5. The van der Waals surface area contributed by atoms with Crippen LogP contribution in [0.3, 0.4) is 0 Å². The third-order valence-electron chi connectivity index (χ3n) is 4.55. The molecular weight excluding hydrogens is 394 g/mol. The van der Waals surface area contributed by atoms with E-state index in [0.29, 0.717) is 22.7 Å². The van der Waals surface area contributed by atoms with Gasteiger partial charge in [0, 0.05) is 32.3 Å². The van der Waals surface area contributed by atoms with E-state index in [0.717, 1.165) is 14.2 Å². The second-order valence-electron chi connectivity index (χ2n) is 6.61. The molecule has 1 unspecified atom stereocenters. The zero-order valence-corrected chi connectivity index (χ0v) is 18.3. The summed E-state index contributed by atoms with van der Waals surface area (Å²) in [6, 6.07) is 11.4. The first-order valence-corrected chi connectivity index (χ1v) is 10.3. The summed E-state index contributed by atoms with van der Waals surface area (Å²) in [5.41, 5.74) is 1.66. The number of benzene rings is 2. The fraction of sp³-hybridized carbons (Fsp3) is 0.350.